The maximum atomic E-state index is 12.4. The zero-order valence-electron chi connectivity index (χ0n) is 13.2. The lowest BCUT2D eigenvalue weighted by Crippen LogP contribution is -2.40. The van der Waals surface area contributed by atoms with E-state index in [4.69, 9.17) is 4.74 Å². The van der Waals surface area contributed by atoms with Gasteiger partial charge in [0.15, 0.2) is 0 Å². The van der Waals surface area contributed by atoms with Gasteiger partial charge in [0.25, 0.3) is 10.2 Å². The van der Waals surface area contributed by atoms with Crippen molar-refractivity contribution in [3.05, 3.63) is 29.8 Å². The second kappa shape index (κ2) is 8.33. The fourth-order valence-corrected chi connectivity index (χ4v) is 3.12. The molecule has 1 rings (SSSR count). The minimum atomic E-state index is -3.46. The molecule has 0 aliphatic heterocycles. The standard InChI is InChI=1S/C14H25N3O3S/c1-15-10-7-11-16(2)21(18,19)17(3)12-13-8-5-6-9-14(13)20-4/h5-6,8-9,15H,7,10-12H2,1-4H3. The van der Waals surface area contributed by atoms with E-state index in [1.165, 1.54) is 8.61 Å². The van der Waals surface area contributed by atoms with Crippen molar-refractivity contribution in [2.45, 2.75) is 13.0 Å². The summed E-state index contributed by atoms with van der Waals surface area (Å²) in [6.07, 6.45) is 0.773. The molecule has 1 aromatic rings. The molecule has 0 saturated carbocycles. The van der Waals surface area contributed by atoms with Gasteiger partial charge >= 0.3 is 0 Å². The van der Waals surface area contributed by atoms with E-state index >= 15 is 0 Å². The highest BCUT2D eigenvalue weighted by Gasteiger charge is 2.24. The molecule has 0 amide bonds. The number of hydrogen-bond acceptors (Lipinski definition) is 4. The highest BCUT2D eigenvalue weighted by atomic mass is 32.2. The minimum absolute atomic E-state index is 0.280. The van der Waals surface area contributed by atoms with Gasteiger partial charge in [0, 0.05) is 32.7 Å². The summed E-state index contributed by atoms with van der Waals surface area (Å²) in [4.78, 5) is 0. The Hall–Kier alpha value is -1.15. The van der Waals surface area contributed by atoms with Crippen LogP contribution in [-0.4, -0.2) is 58.4 Å². The molecule has 0 aromatic heterocycles. The maximum Gasteiger partial charge on any atom is 0.281 e. The molecule has 120 valence electrons. The molecule has 21 heavy (non-hydrogen) atoms. The average Bonchev–Trinajstić information content (AvgIpc) is 2.47. The molecule has 0 spiro atoms. The van der Waals surface area contributed by atoms with E-state index in [0.717, 1.165) is 18.5 Å². The van der Waals surface area contributed by atoms with Crippen LogP contribution in [0.2, 0.25) is 0 Å². The molecule has 0 aliphatic rings. The number of nitrogens with one attached hydrogen (secondary N) is 1. The molecule has 7 heteroatoms. The van der Waals surface area contributed by atoms with Gasteiger partial charge in [-0.15, -0.1) is 0 Å². The summed E-state index contributed by atoms with van der Waals surface area (Å²) in [5.41, 5.74) is 0.842. The molecular formula is C14H25N3O3S. The Morgan fingerprint density at radius 2 is 1.86 bits per heavy atom. The van der Waals surface area contributed by atoms with E-state index in [1.807, 2.05) is 31.3 Å². The fourth-order valence-electron chi connectivity index (χ4n) is 1.99. The van der Waals surface area contributed by atoms with Crippen molar-refractivity contribution < 1.29 is 13.2 Å². The van der Waals surface area contributed by atoms with Gasteiger partial charge in [-0.25, -0.2) is 0 Å². The third kappa shape index (κ3) is 4.96. The number of methoxy groups -OCH3 is 1. The summed E-state index contributed by atoms with van der Waals surface area (Å²) in [5, 5.41) is 3.01. The molecule has 1 N–H and O–H groups in total. The molecule has 1 aromatic carbocycles. The summed E-state index contributed by atoms with van der Waals surface area (Å²) in [5.74, 6) is 0.692. The Bertz CT molecular complexity index is 534. The summed E-state index contributed by atoms with van der Waals surface area (Å²) in [6, 6.07) is 7.42. The Morgan fingerprint density at radius 1 is 1.19 bits per heavy atom. The van der Waals surface area contributed by atoms with Crippen LogP contribution in [0.4, 0.5) is 0 Å². The Balaban J connectivity index is 2.74. The molecule has 0 radical (unpaired) electrons. The first kappa shape index (κ1) is 17.9. The zero-order valence-corrected chi connectivity index (χ0v) is 14.0. The average molecular weight is 315 g/mol. The first-order chi connectivity index (χ1) is 9.93. The summed E-state index contributed by atoms with van der Waals surface area (Å²) < 4.78 is 32.8. The molecule has 0 aliphatic carbocycles. The topological polar surface area (TPSA) is 61.9 Å². The first-order valence-corrected chi connectivity index (χ1v) is 8.27. The van der Waals surface area contributed by atoms with E-state index in [1.54, 1.807) is 21.2 Å². The first-order valence-electron chi connectivity index (χ1n) is 6.87. The van der Waals surface area contributed by atoms with Crippen molar-refractivity contribution in [3.8, 4) is 5.75 Å². The second-order valence-electron chi connectivity index (χ2n) is 4.85. The number of ether oxygens (including phenoxy) is 1. The number of para-hydroxylation sites is 1. The molecular weight excluding hydrogens is 290 g/mol. The molecule has 0 unspecified atom stereocenters. The number of benzene rings is 1. The van der Waals surface area contributed by atoms with Crippen molar-refractivity contribution >= 4 is 10.2 Å². The van der Waals surface area contributed by atoms with Gasteiger partial charge in [0.1, 0.15) is 5.75 Å². The van der Waals surface area contributed by atoms with E-state index in [9.17, 15) is 8.42 Å². The van der Waals surface area contributed by atoms with Gasteiger partial charge in [0.05, 0.1) is 7.11 Å². The monoisotopic (exact) mass is 315 g/mol. The third-order valence-electron chi connectivity index (χ3n) is 3.27. The van der Waals surface area contributed by atoms with Crippen LogP contribution in [0, 0.1) is 0 Å². The van der Waals surface area contributed by atoms with Gasteiger partial charge in [-0.2, -0.15) is 17.0 Å². The molecule has 0 heterocycles. The van der Waals surface area contributed by atoms with Crippen molar-refractivity contribution in [2.75, 3.05) is 41.3 Å². The van der Waals surface area contributed by atoms with Crippen LogP contribution >= 0.6 is 0 Å². The van der Waals surface area contributed by atoms with Gasteiger partial charge in [-0.05, 0) is 26.1 Å². The van der Waals surface area contributed by atoms with Gasteiger partial charge in [-0.3, -0.25) is 0 Å². The van der Waals surface area contributed by atoms with Crippen molar-refractivity contribution in [3.63, 3.8) is 0 Å². The van der Waals surface area contributed by atoms with Gasteiger partial charge in [-0.1, -0.05) is 18.2 Å². The highest BCUT2D eigenvalue weighted by molar-refractivity contribution is 7.86. The summed E-state index contributed by atoms with van der Waals surface area (Å²) in [7, 11) is 3.15. The van der Waals surface area contributed by atoms with Crippen LogP contribution < -0.4 is 10.1 Å². The Labute approximate surface area is 127 Å². The predicted molar refractivity (Wildman–Crippen MR) is 84.6 cm³/mol. The smallest absolute Gasteiger partial charge is 0.281 e. The fraction of sp³-hybridized carbons (Fsp3) is 0.571. The lowest BCUT2D eigenvalue weighted by molar-refractivity contribution is 0.373. The maximum absolute atomic E-state index is 12.4. The lowest BCUT2D eigenvalue weighted by atomic mass is 10.2. The van der Waals surface area contributed by atoms with E-state index in [-0.39, 0.29) is 6.54 Å². The van der Waals surface area contributed by atoms with Crippen LogP contribution in [0.5, 0.6) is 5.75 Å². The van der Waals surface area contributed by atoms with Crippen LogP contribution in [-0.2, 0) is 16.8 Å². The number of hydrogen-bond donors (Lipinski definition) is 1. The SMILES string of the molecule is CNCCCN(C)S(=O)(=O)N(C)Cc1ccccc1OC. The van der Waals surface area contributed by atoms with Gasteiger partial charge in [0.2, 0.25) is 0 Å². The van der Waals surface area contributed by atoms with E-state index in [0.29, 0.717) is 12.3 Å². The van der Waals surface area contributed by atoms with E-state index < -0.39 is 10.2 Å². The quantitative estimate of drug-likeness (QED) is 0.688. The highest BCUT2D eigenvalue weighted by Crippen LogP contribution is 2.20. The summed E-state index contributed by atoms with van der Waals surface area (Å²) in [6.45, 7) is 1.55. The van der Waals surface area contributed by atoms with Crippen LogP contribution in [0.1, 0.15) is 12.0 Å². The normalized spacial score (nSPS) is 12.1. The Morgan fingerprint density at radius 3 is 2.48 bits per heavy atom. The minimum Gasteiger partial charge on any atom is -0.496 e. The molecule has 0 bridgehead atoms. The van der Waals surface area contributed by atoms with Crippen LogP contribution in [0.3, 0.4) is 0 Å². The van der Waals surface area contributed by atoms with Gasteiger partial charge < -0.3 is 10.1 Å². The molecule has 0 atom stereocenters. The summed E-state index contributed by atoms with van der Waals surface area (Å²) >= 11 is 0. The lowest BCUT2D eigenvalue weighted by Gasteiger charge is -2.25. The van der Waals surface area contributed by atoms with Crippen LogP contribution in [0.15, 0.2) is 24.3 Å². The largest absolute Gasteiger partial charge is 0.496 e. The number of rotatable bonds is 9. The van der Waals surface area contributed by atoms with E-state index in [2.05, 4.69) is 5.32 Å². The van der Waals surface area contributed by atoms with Crippen molar-refractivity contribution in [1.29, 1.82) is 0 Å². The van der Waals surface area contributed by atoms with Crippen LogP contribution in [0.25, 0.3) is 0 Å². The Kier molecular flexibility index (Phi) is 7.10. The zero-order chi connectivity index (χ0) is 15.9. The third-order valence-corrected chi connectivity index (χ3v) is 5.16. The van der Waals surface area contributed by atoms with Crippen molar-refractivity contribution in [2.24, 2.45) is 0 Å². The number of nitrogens with zero attached hydrogens (tertiary/aromatic N) is 2. The van der Waals surface area contributed by atoms with Crippen molar-refractivity contribution in [1.82, 2.24) is 13.9 Å². The molecule has 0 fully saturated rings. The molecule has 6 nitrogen and oxygen atoms in total. The molecule has 0 saturated heterocycles. The predicted octanol–water partition coefficient (Wildman–Crippen LogP) is 0.913. The second-order valence-corrected chi connectivity index (χ2v) is 7.00.